The summed E-state index contributed by atoms with van der Waals surface area (Å²) in [4.78, 5) is 35.2. The first kappa shape index (κ1) is 25.4. The first-order valence-corrected chi connectivity index (χ1v) is 10.9. The molecule has 1 atom stereocenters. The Balaban J connectivity index is 0.00000341. The second kappa shape index (κ2) is 12.2. The molecule has 2 fully saturated rings. The van der Waals surface area contributed by atoms with Crippen molar-refractivity contribution in [3.63, 3.8) is 0 Å². The van der Waals surface area contributed by atoms with E-state index in [-0.39, 0.29) is 35.9 Å². The number of guanidine groups is 1. The summed E-state index contributed by atoms with van der Waals surface area (Å²) in [7, 11) is 0. The van der Waals surface area contributed by atoms with Gasteiger partial charge in [-0.2, -0.15) is 0 Å². The van der Waals surface area contributed by atoms with Gasteiger partial charge in [0.2, 0.25) is 11.8 Å². The Bertz CT molecular complexity index is 756. The fraction of sp³-hybridized carbons (Fsp3) is 0.591. The molecule has 8 nitrogen and oxygen atoms in total. The summed E-state index contributed by atoms with van der Waals surface area (Å²) in [6.07, 6.45) is 2.25. The standard InChI is InChI=1S/C22H34N6O2.HI/c1-3-24-22(25-16-18-6-8-19(9-7-18)20(23)29)28-14-12-26(13-15-28)17(2)21(30)27-10-4-5-11-27;/h6-9,17H,3-5,10-16H2,1-2H3,(H2,23,29)(H,24,25);1H. The molecule has 1 aromatic rings. The molecule has 3 N–H and O–H groups in total. The van der Waals surface area contributed by atoms with Crippen molar-refractivity contribution in [1.82, 2.24) is 20.0 Å². The van der Waals surface area contributed by atoms with Crippen molar-refractivity contribution in [1.29, 1.82) is 0 Å². The third-order valence-corrected chi connectivity index (χ3v) is 5.92. The zero-order valence-corrected chi connectivity index (χ0v) is 20.9. The number of rotatable bonds is 6. The summed E-state index contributed by atoms with van der Waals surface area (Å²) in [6.45, 7) is 10.6. The van der Waals surface area contributed by atoms with Gasteiger partial charge in [0.25, 0.3) is 0 Å². The van der Waals surface area contributed by atoms with E-state index in [1.807, 2.05) is 24.0 Å². The first-order chi connectivity index (χ1) is 14.5. The fourth-order valence-corrected chi connectivity index (χ4v) is 4.05. The highest BCUT2D eigenvalue weighted by Crippen LogP contribution is 2.14. The van der Waals surface area contributed by atoms with Crippen LogP contribution in [0, 0.1) is 0 Å². The van der Waals surface area contributed by atoms with Gasteiger partial charge in [0, 0.05) is 51.4 Å². The van der Waals surface area contributed by atoms with Gasteiger partial charge in [-0.1, -0.05) is 12.1 Å². The van der Waals surface area contributed by atoms with Gasteiger partial charge < -0.3 is 20.9 Å². The molecule has 172 valence electrons. The largest absolute Gasteiger partial charge is 0.366 e. The predicted molar refractivity (Wildman–Crippen MR) is 134 cm³/mol. The van der Waals surface area contributed by atoms with Crippen LogP contribution >= 0.6 is 24.0 Å². The average Bonchev–Trinajstić information content (AvgIpc) is 3.31. The number of hydrogen-bond acceptors (Lipinski definition) is 4. The Labute approximate surface area is 202 Å². The maximum atomic E-state index is 12.7. The van der Waals surface area contributed by atoms with Crippen LogP contribution in [-0.4, -0.2) is 84.3 Å². The molecule has 0 aromatic heterocycles. The number of piperazine rings is 1. The molecule has 2 saturated heterocycles. The Hall–Kier alpha value is -1.88. The highest BCUT2D eigenvalue weighted by Gasteiger charge is 2.30. The van der Waals surface area contributed by atoms with Crippen molar-refractivity contribution in [3.8, 4) is 0 Å². The van der Waals surface area contributed by atoms with Gasteiger partial charge in [0.05, 0.1) is 12.6 Å². The number of nitrogens with two attached hydrogens (primary N) is 1. The lowest BCUT2D eigenvalue weighted by atomic mass is 10.1. The third kappa shape index (κ3) is 6.80. The van der Waals surface area contributed by atoms with Crippen molar-refractivity contribution in [2.75, 3.05) is 45.8 Å². The Morgan fingerprint density at radius 3 is 2.19 bits per heavy atom. The van der Waals surface area contributed by atoms with Crippen LogP contribution in [0.1, 0.15) is 42.6 Å². The number of hydrogen-bond donors (Lipinski definition) is 2. The molecule has 2 aliphatic heterocycles. The number of carbonyl (C=O) groups excluding carboxylic acids is 2. The quantitative estimate of drug-likeness (QED) is 0.323. The normalized spacial score (nSPS) is 18.5. The number of nitrogens with zero attached hydrogens (tertiary/aromatic N) is 4. The zero-order chi connectivity index (χ0) is 21.5. The molecule has 0 bridgehead atoms. The van der Waals surface area contributed by atoms with Crippen LogP contribution in [0.25, 0.3) is 0 Å². The Kier molecular flexibility index (Phi) is 10.0. The van der Waals surface area contributed by atoms with E-state index < -0.39 is 5.91 Å². The minimum atomic E-state index is -0.422. The van der Waals surface area contributed by atoms with Gasteiger partial charge in [-0.05, 0) is 44.4 Å². The van der Waals surface area contributed by atoms with Gasteiger partial charge in [0.15, 0.2) is 5.96 Å². The number of amides is 2. The fourth-order valence-electron chi connectivity index (χ4n) is 4.05. The molecular weight excluding hydrogens is 507 g/mol. The van der Waals surface area contributed by atoms with Crippen LogP contribution in [-0.2, 0) is 11.3 Å². The van der Waals surface area contributed by atoms with Crippen molar-refractivity contribution < 1.29 is 9.59 Å². The summed E-state index contributed by atoms with van der Waals surface area (Å²) < 4.78 is 0. The number of aliphatic imine (C=N–C) groups is 1. The molecule has 0 spiro atoms. The highest BCUT2D eigenvalue weighted by atomic mass is 127. The second-order valence-corrected chi connectivity index (χ2v) is 7.96. The van der Waals surface area contributed by atoms with Gasteiger partial charge in [-0.15, -0.1) is 24.0 Å². The van der Waals surface area contributed by atoms with Crippen molar-refractivity contribution in [2.24, 2.45) is 10.7 Å². The highest BCUT2D eigenvalue weighted by molar-refractivity contribution is 14.0. The first-order valence-electron chi connectivity index (χ1n) is 10.9. The number of halogens is 1. The lowest BCUT2D eigenvalue weighted by Crippen LogP contribution is -2.57. The molecule has 2 amide bonds. The van der Waals surface area contributed by atoms with E-state index in [2.05, 4.69) is 22.0 Å². The number of primary amides is 1. The molecule has 2 heterocycles. The molecule has 1 unspecified atom stereocenters. The van der Waals surface area contributed by atoms with Crippen LogP contribution in [0.4, 0.5) is 0 Å². The maximum Gasteiger partial charge on any atom is 0.248 e. The van der Waals surface area contributed by atoms with Crippen LogP contribution in [0.5, 0.6) is 0 Å². The number of nitrogens with one attached hydrogen (secondary N) is 1. The number of benzene rings is 1. The monoisotopic (exact) mass is 542 g/mol. The Morgan fingerprint density at radius 1 is 1.03 bits per heavy atom. The van der Waals surface area contributed by atoms with Crippen LogP contribution in [0.2, 0.25) is 0 Å². The van der Waals surface area contributed by atoms with Gasteiger partial charge >= 0.3 is 0 Å². The molecule has 1 aromatic carbocycles. The summed E-state index contributed by atoms with van der Waals surface area (Å²) >= 11 is 0. The van der Waals surface area contributed by atoms with Gasteiger partial charge in [-0.3, -0.25) is 14.5 Å². The van der Waals surface area contributed by atoms with Crippen molar-refractivity contribution in [3.05, 3.63) is 35.4 Å². The molecule has 3 rings (SSSR count). The summed E-state index contributed by atoms with van der Waals surface area (Å²) in [6, 6.07) is 7.18. The van der Waals surface area contributed by atoms with Gasteiger partial charge in [-0.25, -0.2) is 4.99 Å². The molecular formula is C22H35IN6O2. The number of likely N-dealkylation sites (tertiary alicyclic amines) is 1. The second-order valence-electron chi connectivity index (χ2n) is 7.96. The van der Waals surface area contributed by atoms with E-state index in [0.29, 0.717) is 12.1 Å². The van der Waals surface area contributed by atoms with E-state index in [1.165, 1.54) is 0 Å². The van der Waals surface area contributed by atoms with E-state index in [9.17, 15) is 9.59 Å². The zero-order valence-electron chi connectivity index (χ0n) is 18.5. The predicted octanol–water partition coefficient (Wildman–Crippen LogP) is 1.50. The minimum absolute atomic E-state index is 0. The van der Waals surface area contributed by atoms with E-state index >= 15 is 0 Å². The van der Waals surface area contributed by atoms with Crippen LogP contribution in [0.15, 0.2) is 29.3 Å². The molecule has 0 aliphatic carbocycles. The van der Waals surface area contributed by atoms with Crippen molar-refractivity contribution in [2.45, 2.75) is 39.3 Å². The summed E-state index contributed by atoms with van der Waals surface area (Å²) in [5, 5.41) is 3.37. The lowest BCUT2D eigenvalue weighted by molar-refractivity contribution is -0.135. The molecule has 0 radical (unpaired) electrons. The van der Waals surface area contributed by atoms with Crippen LogP contribution < -0.4 is 11.1 Å². The molecule has 31 heavy (non-hydrogen) atoms. The maximum absolute atomic E-state index is 12.7. The summed E-state index contributed by atoms with van der Waals surface area (Å²) in [5.74, 6) is 0.726. The topological polar surface area (TPSA) is 94.3 Å². The van der Waals surface area contributed by atoms with Crippen LogP contribution in [0.3, 0.4) is 0 Å². The average molecular weight is 542 g/mol. The molecule has 9 heteroatoms. The lowest BCUT2D eigenvalue weighted by Gasteiger charge is -2.39. The van der Waals surface area contributed by atoms with E-state index in [0.717, 1.165) is 70.2 Å². The number of carbonyl (C=O) groups is 2. The molecule has 0 saturated carbocycles. The summed E-state index contributed by atoms with van der Waals surface area (Å²) in [5.41, 5.74) is 6.83. The van der Waals surface area contributed by atoms with E-state index in [1.54, 1.807) is 12.1 Å². The van der Waals surface area contributed by atoms with Gasteiger partial charge in [0.1, 0.15) is 0 Å². The SMILES string of the molecule is CCNC(=NCc1ccc(C(N)=O)cc1)N1CCN(C(C)C(=O)N2CCCC2)CC1.I. The van der Waals surface area contributed by atoms with Crippen molar-refractivity contribution >= 4 is 41.8 Å². The minimum Gasteiger partial charge on any atom is -0.366 e. The Morgan fingerprint density at radius 2 is 1.65 bits per heavy atom. The smallest absolute Gasteiger partial charge is 0.248 e. The molecule has 2 aliphatic rings. The third-order valence-electron chi connectivity index (χ3n) is 5.92. The van der Waals surface area contributed by atoms with E-state index in [4.69, 9.17) is 10.7 Å².